The van der Waals surface area contributed by atoms with Crippen LogP contribution in [0, 0.1) is 36.5 Å². The van der Waals surface area contributed by atoms with Crippen LogP contribution in [0.3, 0.4) is 0 Å². The SMILES string of the molecule is Cc1ccc(-c2ccccc2)cc1N(c1ccc(C#N)cc1)c1ccc2ccc3c(N(c4ccc(C#N)cc4)c4cc(-c5ccccc5)ccc4C)ccc4ccc1c2c43. The second kappa shape index (κ2) is 15.0. The highest BCUT2D eigenvalue weighted by Gasteiger charge is 2.24. The van der Waals surface area contributed by atoms with Crippen LogP contribution >= 0.6 is 0 Å². The highest BCUT2D eigenvalue weighted by atomic mass is 15.2. The number of rotatable bonds is 8. The summed E-state index contributed by atoms with van der Waals surface area (Å²) in [7, 11) is 0. The molecular formula is C56H38N4. The van der Waals surface area contributed by atoms with Crippen LogP contribution in [0.25, 0.3) is 54.6 Å². The second-order valence-corrected chi connectivity index (χ2v) is 15.3. The molecule has 0 spiro atoms. The molecule has 0 aliphatic carbocycles. The molecule has 0 fully saturated rings. The molecule has 10 aromatic carbocycles. The number of benzene rings is 10. The second-order valence-electron chi connectivity index (χ2n) is 15.3. The molecule has 0 aromatic heterocycles. The van der Waals surface area contributed by atoms with E-state index in [0.29, 0.717) is 11.1 Å². The molecular weight excluding hydrogens is 729 g/mol. The topological polar surface area (TPSA) is 54.1 Å². The first-order valence-corrected chi connectivity index (χ1v) is 20.1. The van der Waals surface area contributed by atoms with Gasteiger partial charge in [0.25, 0.3) is 0 Å². The van der Waals surface area contributed by atoms with Crippen molar-refractivity contribution in [2.75, 3.05) is 9.80 Å². The Morgan fingerprint density at radius 1 is 0.350 bits per heavy atom. The van der Waals surface area contributed by atoms with Crippen LogP contribution in [0.1, 0.15) is 22.3 Å². The molecule has 0 heterocycles. The van der Waals surface area contributed by atoms with Gasteiger partial charge in [-0.1, -0.05) is 121 Å². The van der Waals surface area contributed by atoms with E-state index in [1.165, 1.54) is 10.8 Å². The summed E-state index contributed by atoms with van der Waals surface area (Å²) in [6.45, 7) is 4.32. The minimum atomic E-state index is 0.618. The Hall–Kier alpha value is -8.18. The van der Waals surface area contributed by atoms with Crippen molar-refractivity contribution in [1.29, 1.82) is 10.5 Å². The third-order valence-electron chi connectivity index (χ3n) is 11.7. The first-order valence-electron chi connectivity index (χ1n) is 20.1. The maximum atomic E-state index is 9.74. The monoisotopic (exact) mass is 766 g/mol. The van der Waals surface area contributed by atoms with Gasteiger partial charge in [0.2, 0.25) is 0 Å². The molecule has 10 aromatic rings. The van der Waals surface area contributed by atoms with E-state index in [2.05, 4.69) is 169 Å². The Bertz CT molecular complexity index is 3060. The largest absolute Gasteiger partial charge is 0.310 e. The maximum absolute atomic E-state index is 9.74. The van der Waals surface area contributed by atoms with Crippen molar-refractivity contribution < 1.29 is 0 Å². The maximum Gasteiger partial charge on any atom is 0.0991 e. The zero-order valence-electron chi connectivity index (χ0n) is 33.3. The van der Waals surface area contributed by atoms with E-state index in [4.69, 9.17) is 0 Å². The normalized spacial score (nSPS) is 11.1. The summed E-state index contributed by atoms with van der Waals surface area (Å²) in [5.41, 5.74) is 14.3. The molecule has 60 heavy (non-hydrogen) atoms. The lowest BCUT2D eigenvalue weighted by Gasteiger charge is -2.31. The van der Waals surface area contributed by atoms with Crippen LogP contribution in [0.2, 0.25) is 0 Å². The van der Waals surface area contributed by atoms with Gasteiger partial charge in [0.15, 0.2) is 0 Å². The number of nitriles is 2. The molecule has 282 valence electrons. The van der Waals surface area contributed by atoms with Crippen molar-refractivity contribution in [3.05, 3.63) is 216 Å². The molecule has 4 nitrogen and oxygen atoms in total. The first-order chi connectivity index (χ1) is 29.5. The third kappa shape index (κ3) is 6.25. The lowest BCUT2D eigenvalue weighted by atomic mass is 9.91. The number of aryl methyl sites for hydroxylation is 2. The number of hydrogen-bond donors (Lipinski definition) is 0. The van der Waals surface area contributed by atoms with Crippen LogP contribution < -0.4 is 9.80 Å². The van der Waals surface area contributed by atoms with Crippen LogP contribution in [0.5, 0.6) is 0 Å². The lowest BCUT2D eigenvalue weighted by molar-refractivity contribution is 1.26. The number of anilines is 6. The lowest BCUT2D eigenvalue weighted by Crippen LogP contribution is -2.13. The van der Waals surface area contributed by atoms with E-state index >= 15 is 0 Å². The van der Waals surface area contributed by atoms with Crippen LogP contribution in [0.4, 0.5) is 34.1 Å². The summed E-state index contributed by atoms with van der Waals surface area (Å²) in [6.07, 6.45) is 0. The standard InChI is InChI=1S/C56H38N4/c1-37-13-19-45(41-9-5-3-6-10-41)33-53(37)59(47-25-15-39(35-57)16-26-47)51-31-23-43-22-30-50-52(32-24-44-21-29-49(51)55(43)56(44)50)60(48-27-17-40(36-58)18-28-48)54-34-46(20-14-38(54)2)42-11-7-4-8-12-42/h3-34H,1-2H3. The van der Waals surface area contributed by atoms with Crippen molar-refractivity contribution in [2.24, 2.45) is 0 Å². The molecule has 10 rings (SSSR count). The molecule has 0 amide bonds. The molecule has 4 heteroatoms. The predicted molar refractivity (Wildman–Crippen MR) is 249 cm³/mol. The van der Waals surface area contributed by atoms with Crippen molar-refractivity contribution in [3.8, 4) is 34.4 Å². The molecule has 0 aliphatic rings. The van der Waals surface area contributed by atoms with Crippen molar-refractivity contribution in [2.45, 2.75) is 13.8 Å². The molecule has 0 aliphatic heterocycles. The van der Waals surface area contributed by atoms with Crippen LogP contribution in [-0.4, -0.2) is 0 Å². The summed E-state index contributed by atoms with van der Waals surface area (Å²) >= 11 is 0. The summed E-state index contributed by atoms with van der Waals surface area (Å²) < 4.78 is 0. The van der Waals surface area contributed by atoms with E-state index in [1.54, 1.807) is 0 Å². The number of hydrogen-bond acceptors (Lipinski definition) is 4. The van der Waals surface area contributed by atoms with Gasteiger partial charge in [0.1, 0.15) is 0 Å². The molecule has 0 saturated heterocycles. The average molecular weight is 767 g/mol. The van der Waals surface area contributed by atoms with Gasteiger partial charge in [0, 0.05) is 33.5 Å². The quantitative estimate of drug-likeness (QED) is 0.145. The van der Waals surface area contributed by atoms with Gasteiger partial charge < -0.3 is 9.80 Å². The van der Waals surface area contributed by atoms with E-state index < -0.39 is 0 Å². The number of nitrogens with zero attached hydrogens (tertiary/aromatic N) is 4. The Morgan fingerprint density at radius 2 is 0.733 bits per heavy atom. The van der Waals surface area contributed by atoms with Gasteiger partial charge >= 0.3 is 0 Å². The molecule has 0 N–H and O–H groups in total. The summed E-state index contributed by atoms with van der Waals surface area (Å²) in [5, 5.41) is 26.4. The third-order valence-corrected chi connectivity index (χ3v) is 11.7. The first kappa shape index (κ1) is 36.2. The molecule has 0 atom stereocenters. The molecule has 0 radical (unpaired) electrons. The van der Waals surface area contributed by atoms with Crippen molar-refractivity contribution >= 4 is 66.4 Å². The van der Waals surface area contributed by atoms with E-state index in [0.717, 1.165) is 89.0 Å². The van der Waals surface area contributed by atoms with Crippen LogP contribution in [0.15, 0.2) is 194 Å². The summed E-state index contributed by atoms with van der Waals surface area (Å²) in [5.74, 6) is 0. The molecule has 0 bridgehead atoms. The summed E-state index contributed by atoms with van der Waals surface area (Å²) in [6, 6.07) is 72.6. The highest BCUT2D eigenvalue weighted by Crippen LogP contribution is 2.49. The highest BCUT2D eigenvalue weighted by molar-refractivity contribution is 6.28. The van der Waals surface area contributed by atoms with Gasteiger partial charge in [-0.25, -0.2) is 0 Å². The minimum absolute atomic E-state index is 0.618. The van der Waals surface area contributed by atoms with Gasteiger partial charge in [-0.2, -0.15) is 10.5 Å². The molecule has 0 saturated carbocycles. The van der Waals surface area contributed by atoms with Gasteiger partial charge in [0.05, 0.1) is 34.6 Å². The fourth-order valence-corrected chi connectivity index (χ4v) is 8.67. The molecule has 0 unspecified atom stereocenters. The zero-order chi connectivity index (χ0) is 40.7. The predicted octanol–water partition coefficient (Wildman–Crippen LogP) is 15.2. The minimum Gasteiger partial charge on any atom is -0.310 e. The smallest absolute Gasteiger partial charge is 0.0991 e. The van der Waals surface area contributed by atoms with E-state index in [-0.39, 0.29) is 0 Å². The van der Waals surface area contributed by atoms with E-state index in [9.17, 15) is 10.5 Å². The van der Waals surface area contributed by atoms with Gasteiger partial charge in [-0.05, 0) is 142 Å². The Balaban J connectivity index is 1.22. The van der Waals surface area contributed by atoms with Gasteiger partial charge in [-0.3, -0.25) is 0 Å². The fourth-order valence-electron chi connectivity index (χ4n) is 8.67. The van der Waals surface area contributed by atoms with Gasteiger partial charge in [-0.15, -0.1) is 0 Å². The fraction of sp³-hybridized carbons (Fsp3) is 0.0357. The van der Waals surface area contributed by atoms with Crippen LogP contribution in [-0.2, 0) is 0 Å². The average Bonchev–Trinajstić information content (AvgIpc) is 3.31. The Labute approximate surface area is 350 Å². The Kier molecular flexibility index (Phi) is 9.02. The Morgan fingerprint density at radius 3 is 1.12 bits per heavy atom. The summed E-state index contributed by atoms with van der Waals surface area (Å²) in [4.78, 5) is 4.69. The van der Waals surface area contributed by atoms with Crippen molar-refractivity contribution in [3.63, 3.8) is 0 Å². The zero-order valence-corrected chi connectivity index (χ0v) is 33.3. The van der Waals surface area contributed by atoms with Crippen molar-refractivity contribution in [1.82, 2.24) is 0 Å². The van der Waals surface area contributed by atoms with E-state index in [1.807, 2.05) is 60.7 Å².